The van der Waals surface area contributed by atoms with E-state index in [1.54, 1.807) is 10.7 Å². The number of halogens is 1. The largest absolute Gasteiger partial charge is 0.346 e. The molecule has 0 saturated heterocycles. The summed E-state index contributed by atoms with van der Waals surface area (Å²) in [5.74, 6) is -0.258. The van der Waals surface area contributed by atoms with Crippen molar-refractivity contribution in [3.63, 3.8) is 0 Å². The summed E-state index contributed by atoms with van der Waals surface area (Å²) in [6.45, 7) is 2.77. The number of rotatable bonds is 5. The Morgan fingerprint density at radius 3 is 2.58 bits per heavy atom. The number of carbonyl (C=O) groups is 1. The highest BCUT2D eigenvalue weighted by atomic mass is 35.5. The summed E-state index contributed by atoms with van der Waals surface area (Å²) >= 11 is 6.10. The Labute approximate surface area is 145 Å². The third kappa shape index (κ3) is 3.63. The monoisotopic (exact) mass is 340 g/mol. The minimum Gasteiger partial charge on any atom is -0.346 e. The molecule has 2 aromatic carbocycles. The first kappa shape index (κ1) is 16.2. The average Bonchev–Trinajstić information content (AvgIpc) is 2.96. The molecular weight excluding hydrogens is 324 g/mol. The molecule has 0 aliphatic rings. The van der Waals surface area contributed by atoms with Gasteiger partial charge in [-0.2, -0.15) is 0 Å². The van der Waals surface area contributed by atoms with Crippen LogP contribution in [0.5, 0.6) is 0 Å². The highest BCUT2D eigenvalue weighted by molar-refractivity contribution is 6.31. The van der Waals surface area contributed by atoms with Crippen molar-refractivity contribution in [3.05, 3.63) is 82.1 Å². The molecule has 0 aliphatic heterocycles. The van der Waals surface area contributed by atoms with E-state index in [-0.39, 0.29) is 5.91 Å². The molecule has 0 radical (unpaired) electrons. The molecule has 1 heterocycles. The minimum absolute atomic E-state index is 0.258. The van der Waals surface area contributed by atoms with Crippen LogP contribution < -0.4 is 5.32 Å². The van der Waals surface area contributed by atoms with Crippen molar-refractivity contribution in [1.82, 2.24) is 20.3 Å². The summed E-state index contributed by atoms with van der Waals surface area (Å²) in [7, 11) is 0. The number of nitrogens with one attached hydrogen (secondary N) is 1. The van der Waals surface area contributed by atoms with Crippen molar-refractivity contribution in [2.24, 2.45) is 0 Å². The van der Waals surface area contributed by atoms with Crippen LogP contribution in [0.25, 0.3) is 0 Å². The zero-order chi connectivity index (χ0) is 16.9. The smallest absolute Gasteiger partial charge is 0.274 e. The molecular formula is C18H17ClN4O. The second-order valence-corrected chi connectivity index (χ2v) is 5.85. The van der Waals surface area contributed by atoms with Crippen LogP contribution in [0.4, 0.5) is 0 Å². The molecule has 1 amide bonds. The fraction of sp³-hybridized carbons (Fsp3) is 0.167. The summed E-state index contributed by atoms with van der Waals surface area (Å²) in [6.07, 6.45) is 0. The third-order valence-electron chi connectivity index (χ3n) is 3.77. The second kappa shape index (κ2) is 7.27. The molecule has 24 heavy (non-hydrogen) atoms. The van der Waals surface area contributed by atoms with Gasteiger partial charge in [0.15, 0.2) is 5.69 Å². The van der Waals surface area contributed by atoms with Crippen molar-refractivity contribution >= 4 is 17.5 Å². The van der Waals surface area contributed by atoms with Crippen molar-refractivity contribution in [1.29, 1.82) is 0 Å². The normalized spacial score (nSPS) is 10.6. The zero-order valence-electron chi connectivity index (χ0n) is 13.2. The molecule has 122 valence electrons. The van der Waals surface area contributed by atoms with Gasteiger partial charge in [-0.1, -0.05) is 65.3 Å². The van der Waals surface area contributed by atoms with Crippen molar-refractivity contribution in [3.8, 4) is 0 Å². The van der Waals surface area contributed by atoms with E-state index in [9.17, 15) is 4.79 Å². The Morgan fingerprint density at radius 2 is 1.83 bits per heavy atom. The molecule has 5 nitrogen and oxygen atoms in total. The predicted octanol–water partition coefficient (Wildman–Crippen LogP) is 3.22. The van der Waals surface area contributed by atoms with Crippen LogP contribution in [0.1, 0.15) is 27.3 Å². The van der Waals surface area contributed by atoms with E-state index in [4.69, 9.17) is 11.6 Å². The van der Waals surface area contributed by atoms with E-state index >= 15 is 0 Å². The molecule has 0 unspecified atom stereocenters. The molecule has 3 rings (SSSR count). The fourth-order valence-corrected chi connectivity index (χ4v) is 2.58. The van der Waals surface area contributed by atoms with Crippen LogP contribution in [0.3, 0.4) is 0 Å². The van der Waals surface area contributed by atoms with Gasteiger partial charge >= 0.3 is 0 Å². The Bertz CT molecular complexity index is 845. The molecule has 0 spiro atoms. The lowest BCUT2D eigenvalue weighted by Gasteiger charge is -2.06. The number of amides is 1. The fourth-order valence-electron chi connectivity index (χ4n) is 2.38. The first-order valence-corrected chi connectivity index (χ1v) is 7.98. The van der Waals surface area contributed by atoms with Crippen LogP contribution in [0.15, 0.2) is 54.6 Å². The number of hydrogen-bond donors (Lipinski definition) is 1. The van der Waals surface area contributed by atoms with E-state index in [0.29, 0.717) is 23.8 Å². The van der Waals surface area contributed by atoms with Crippen LogP contribution in [0, 0.1) is 6.92 Å². The molecule has 1 aromatic heterocycles. The third-order valence-corrected chi connectivity index (χ3v) is 4.14. The van der Waals surface area contributed by atoms with E-state index in [2.05, 4.69) is 15.6 Å². The molecule has 6 heteroatoms. The van der Waals surface area contributed by atoms with E-state index in [1.807, 2.05) is 55.5 Å². The number of aromatic nitrogens is 3. The Balaban J connectivity index is 1.69. The highest BCUT2D eigenvalue weighted by Gasteiger charge is 2.16. The Hall–Kier alpha value is -2.66. The van der Waals surface area contributed by atoms with Gasteiger partial charge in [-0.05, 0) is 24.1 Å². The van der Waals surface area contributed by atoms with Crippen molar-refractivity contribution in [2.75, 3.05) is 0 Å². The van der Waals surface area contributed by atoms with Crippen molar-refractivity contribution in [2.45, 2.75) is 20.0 Å². The summed E-state index contributed by atoms with van der Waals surface area (Å²) in [5.41, 5.74) is 3.03. The number of nitrogens with zero attached hydrogens (tertiary/aromatic N) is 3. The number of carbonyl (C=O) groups excluding carboxylic acids is 1. The van der Waals surface area contributed by atoms with Crippen LogP contribution in [0.2, 0.25) is 5.02 Å². The van der Waals surface area contributed by atoms with Gasteiger partial charge < -0.3 is 5.32 Å². The lowest BCUT2D eigenvalue weighted by molar-refractivity contribution is 0.0945. The van der Waals surface area contributed by atoms with Gasteiger partial charge in [0.2, 0.25) is 0 Å². The Kier molecular flexibility index (Phi) is 4.91. The second-order valence-electron chi connectivity index (χ2n) is 5.44. The molecule has 0 aliphatic carbocycles. The molecule has 0 atom stereocenters. The molecule has 3 aromatic rings. The molecule has 1 N–H and O–H groups in total. The maximum absolute atomic E-state index is 12.3. The van der Waals surface area contributed by atoms with E-state index in [0.717, 1.165) is 16.8 Å². The quantitative estimate of drug-likeness (QED) is 0.775. The lowest BCUT2D eigenvalue weighted by atomic mass is 10.2. The van der Waals surface area contributed by atoms with Gasteiger partial charge in [-0.3, -0.25) is 4.79 Å². The topological polar surface area (TPSA) is 59.8 Å². The number of hydrogen-bond acceptors (Lipinski definition) is 3. The highest BCUT2D eigenvalue weighted by Crippen LogP contribution is 2.15. The zero-order valence-corrected chi connectivity index (χ0v) is 14.0. The van der Waals surface area contributed by atoms with Crippen LogP contribution in [-0.4, -0.2) is 20.9 Å². The summed E-state index contributed by atoms with van der Waals surface area (Å²) in [6, 6.07) is 17.3. The van der Waals surface area contributed by atoms with Gasteiger partial charge in [0.25, 0.3) is 5.91 Å². The SMILES string of the molecule is Cc1c(C(=O)NCc2ccccc2Cl)nnn1Cc1ccccc1. The summed E-state index contributed by atoms with van der Waals surface area (Å²) in [4.78, 5) is 12.3. The van der Waals surface area contributed by atoms with Gasteiger partial charge in [0.1, 0.15) is 0 Å². The van der Waals surface area contributed by atoms with Gasteiger partial charge in [-0.15, -0.1) is 5.10 Å². The predicted molar refractivity (Wildman–Crippen MR) is 92.9 cm³/mol. The van der Waals surface area contributed by atoms with E-state index < -0.39 is 0 Å². The molecule has 0 saturated carbocycles. The van der Waals surface area contributed by atoms with Gasteiger partial charge in [0.05, 0.1) is 12.2 Å². The maximum atomic E-state index is 12.3. The summed E-state index contributed by atoms with van der Waals surface area (Å²) < 4.78 is 1.72. The maximum Gasteiger partial charge on any atom is 0.274 e. The van der Waals surface area contributed by atoms with E-state index in [1.165, 1.54) is 0 Å². The number of benzene rings is 2. The standard InChI is InChI=1S/C18H17ClN4O/c1-13-17(18(24)20-11-15-9-5-6-10-16(15)19)21-22-23(13)12-14-7-3-2-4-8-14/h2-10H,11-12H2,1H3,(H,20,24). The summed E-state index contributed by atoms with van der Waals surface area (Å²) in [5, 5.41) is 11.6. The molecule has 0 fully saturated rings. The van der Waals surface area contributed by atoms with Crippen LogP contribution >= 0.6 is 11.6 Å². The first-order valence-electron chi connectivity index (χ1n) is 7.61. The average molecular weight is 341 g/mol. The lowest BCUT2D eigenvalue weighted by Crippen LogP contribution is -2.24. The van der Waals surface area contributed by atoms with Gasteiger partial charge in [0, 0.05) is 11.6 Å². The van der Waals surface area contributed by atoms with Crippen LogP contribution in [-0.2, 0) is 13.1 Å². The first-order chi connectivity index (χ1) is 11.6. The minimum atomic E-state index is -0.258. The van der Waals surface area contributed by atoms with Gasteiger partial charge in [-0.25, -0.2) is 4.68 Å². The van der Waals surface area contributed by atoms with Crippen molar-refractivity contribution < 1.29 is 4.79 Å². The molecule has 0 bridgehead atoms. The Morgan fingerprint density at radius 1 is 1.12 bits per heavy atom.